The predicted molar refractivity (Wildman–Crippen MR) is 105 cm³/mol. The summed E-state index contributed by atoms with van der Waals surface area (Å²) < 4.78 is 24.6. The van der Waals surface area contributed by atoms with E-state index in [1.54, 1.807) is 30.3 Å². The van der Waals surface area contributed by atoms with E-state index >= 15 is 0 Å². The van der Waals surface area contributed by atoms with Crippen molar-refractivity contribution in [3.8, 4) is 0 Å². The molecule has 0 aliphatic rings. The van der Waals surface area contributed by atoms with Crippen molar-refractivity contribution in [2.24, 2.45) is 0 Å². The number of aryl methyl sites for hydroxylation is 1. The van der Waals surface area contributed by atoms with Crippen LogP contribution in [0, 0.1) is 6.92 Å². The molecule has 26 heavy (non-hydrogen) atoms. The maximum Gasteiger partial charge on any atom is 0.221 e. The van der Waals surface area contributed by atoms with E-state index in [4.69, 9.17) is 11.6 Å². The summed E-state index contributed by atoms with van der Waals surface area (Å²) in [4.78, 5) is 12.4. The third-order valence-electron chi connectivity index (χ3n) is 4.31. The summed E-state index contributed by atoms with van der Waals surface area (Å²) in [6.07, 6.45) is -0.0676. The van der Waals surface area contributed by atoms with Gasteiger partial charge in [0.05, 0.1) is 10.6 Å². The van der Waals surface area contributed by atoms with E-state index in [1.807, 2.05) is 39.0 Å². The van der Waals surface area contributed by atoms with E-state index in [2.05, 4.69) is 5.32 Å². The Kier molecular flexibility index (Phi) is 6.48. The smallest absolute Gasteiger partial charge is 0.221 e. The van der Waals surface area contributed by atoms with Crippen molar-refractivity contribution in [2.45, 2.75) is 37.5 Å². The first-order chi connectivity index (χ1) is 12.1. The van der Waals surface area contributed by atoms with Crippen LogP contribution in [-0.4, -0.2) is 26.6 Å². The summed E-state index contributed by atoms with van der Waals surface area (Å²) in [6.45, 7) is 6.30. The Hall–Kier alpha value is -1.85. The van der Waals surface area contributed by atoms with Crippen molar-refractivity contribution >= 4 is 27.3 Å². The number of rotatable bonds is 7. The first-order valence-electron chi connectivity index (χ1n) is 8.42. The van der Waals surface area contributed by atoms with Crippen molar-refractivity contribution < 1.29 is 13.2 Å². The molecule has 2 rings (SSSR count). The molecule has 2 aromatic carbocycles. The van der Waals surface area contributed by atoms with Gasteiger partial charge in [0.15, 0.2) is 9.84 Å². The number of hydrogen-bond acceptors (Lipinski definition) is 3. The van der Waals surface area contributed by atoms with Crippen molar-refractivity contribution in [3.05, 3.63) is 64.7 Å². The molecule has 0 saturated carbocycles. The summed E-state index contributed by atoms with van der Waals surface area (Å²) in [7, 11) is -3.46. The number of amides is 1. The van der Waals surface area contributed by atoms with E-state index in [-0.39, 0.29) is 28.4 Å². The minimum atomic E-state index is -3.46. The second kappa shape index (κ2) is 8.23. The zero-order valence-electron chi connectivity index (χ0n) is 15.3. The van der Waals surface area contributed by atoms with Crippen LogP contribution in [0.3, 0.4) is 0 Å². The normalized spacial score (nSPS) is 12.0. The molecule has 1 amide bonds. The lowest BCUT2D eigenvalue weighted by atomic mass is 9.84. The zero-order valence-corrected chi connectivity index (χ0v) is 16.8. The van der Waals surface area contributed by atoms with Crippen LogP contribution >= 0.6 is 11.6 Å². The molecule has 0 aliphatic heterocycles. The first-order valence-corrected chi connectivity index (χ1v) is 10.5. The molecule has 1 N–H and O–H groups in total. The topological polar surface area (TPSA) is 63.2 Å². The molecule has 0 unspecified atom stereocenters. The van der Waals surface area contributed by atoms with Crippen molar-refractivity contribution in [3.63, 3.8) is 0 Å². The van der Waals surface area contributed by atoms with Crippen molar-refractivity contribution in [1.82, 2.24) is 5.32 Å². The molecule has 0 aromatic heterocycles. The van der Waals surface area contributed by atoms with Crippen LogP contribution in [0.1, 0.15) is 31.4 Å². The Labute approximate surface area is 160 Å². The number of hydrogen-bond donors (Lipinski definition) is 1. The van der Waals surface area contributed by atoms with Gasteiger partial charge in [0, 0.05) is 23.4 Å². The van der Waals surface area contributed by atoms with Crippen molar-refractivity contribution in [1.29, 1.82) is 0 Å². The highest BCUT2D eigenvalue weighted by molar-refractivity contribution is 7.91. The maximum atomic E-state index is 12.3. The summed E-state index contributed by atoms with van der Waals surface area (Å²) >= 11 is 6.03. The van der Waals surface area contributed by atoms with E-state index in [0.29, 0.717) is 11.6 Å². The fraction of sp³-hybridized carbons (Fsp3) is 0.350. The van der Waals surface area contributed by atoms with Crippen LogP contribution < -0.4 is 5.32 Å². The predicted octanol–water partition coefficient (Wildman–Crippen LogP) is 3.91. The average Bonchev–Trinajstić information content (AvgIpc) is 2.59. The number of nitrogens with one attached hydrogen (secondary N) is 1. The molecule has 0 radical (unpaired) electrons. The Morgan fingerprint density at radius 3 is 2.38 bits per heavy atom. The number of benzene rings is 2. The molecule has 6 heteroatoms. The van der Waals surface area contributed by atoms with Gasteiger partial charge < -0.3 is 5.32 Å². The highest BCUT2D eigenvalue weighted by Crippen LogP contribution is 2.24. The molecule has 4 nitrogen and oxygen atoms in total. The molecule has 0 saturated heterocycles. The van der Waals surface area contributed by atoms with Crippen LogP contribution in [-0.2, 0) is 20.0 Å². The monoisotopic (exact) mass is 393 g/mol. The van der Waals surface area contributed by atoms with Crippen LogP contribution in [0.2, 0.25) is 5.02 Å². The van der Waals surface area contributed by atoms with Crippen molar-refractivity contribution in [2.75, 3.05) is 12.3 Å². The minimum Gasteiger partial charge on any atom is -0.355 e. The Morgan fingerprint density at radius 1 is 1.12 bits per heavy atom. The third kappa shape index (κ3) is 5.58. The quantitative estimate of drug-likeness (QED) is 0.775. The standard InChI is InChI=1S/C20H24ClNO3S/c1-15-7-9-18(10-8-15)26(24,25)12-11-19(23)22-14-20(2,3)16-5-4-6-17(21)13-16/h4-10,13H,11-12,14H2,1-3H3,(H,22,23). The van der Waals surface area contributed by atoms with Gasteiger partial charge in [-0.25, -0.2) is 8.42 Å². The summed E-state index contributed by atoms with van der Waals surface area (Å²) in [5.41, 5.74) is 1.69. The molecule has 140 valence electrons. The third-order valence-corrected chi connectivity index (χ3v) is 6.28. The van der Waals surface area contributed by atoms with Gasteiger partial charge in [0.1, 0.15) is 0 Å². The lowest BCUT2D eigenvalue weighted by Gasteiger charge is -2.26. The summed E-state index contributed by atoms with van der Waals surface area (Å²) in [6, 6.07) is 14.1. The number of halogens is 1. The Balaban J connectivity index is 1.91. The summed E-state index contributed by atoms with van der Waals surface area (Å²) in [5, 5.41) is 3.47. The molecule has 0 heterocycles. The van der Waals surface area contributed by atoms with E-state index in [0.717, 1.165) is 11.1 Å². The van der Waals surface area contributed by atoms with Crippen LogP contribution in [0.4, 0.5) is 0 Å². The highest BCUT2D eigenvalue weighted by atomic mass is 35.5. The lowest BCUT2D eigenvalue weighted by Crippen LogP contribution is -2.37. The van der Waals surface area contributed by atoms with Gasteiger partial charge in [-0.2, -0.15) is 0 Å². The SMILES string of the molecule is Cc1ccc(S(=O)(=O)CCC(=O)NCC(C)(C)c2cccc(Cl)c2)cc1. The average molecular weight is 394 g/mol. The second-order valence-electron chi connectivity index (χ2n) is 7.05. The molecule has 0 fully saturated rings. The van der Waals surface area contributed by atoms with E-state index in [1.165, 1.54) is 0 Å². The first kappa shape index (κ1) is 20.5. The molecule has 0 bridgehead atoms. The minimum absolute atomic E-state index is 0.0676. The van der Waals surface area contributed by atoms with Crippen LogP contribution in [0.15, 0.2) is 53.4 Å². The van der Waals surface area contributed by atoms with Gasteiger partial charge in [-0.3, -0.25) is 4.79 Å². The second-order valence-corrected chi connectivity index (χ2v) is 9.60. The van der Waals surface area contributed by atoms with Gasteiger partial charge >= 0.3 is 0 Å². The van der Waals surface area contributed by atoms with E-state index in [9.17, 15) is 13.2 Å². The Morgan fingerprint density at radius 2 is 1.77 bits per heavy atom. The van der Waals surface area contributed by atoms with Gasteiger partial charge in [-0.15, -0.1) is 0 Å². The van der Waals surface area contributed by atoms with Crippen LogP contribution in [0.25, 0.3) is 0 Å². The highest BCUT2D eigenvalue weighted by Gasteiger charge is 2.22. The number of carbonyl (C=O) groups excluding carboxylic acids is 1. The fourth-order valence-corrected chi connectivity index (χ4v) is 3.94. The number of carbonyl (C=O) groups is 1. The molecule has 2 aromatic rings. The molecular formula is C20H24ClNO3S. The number of sulfone groups is 1. The van der Waals surface area contributed by atoms with Crippen LogP contribution in [0.5, 0.6) is 0 Å². The van der Waals surface area contributed by atoms with Gasteiger partial charge in [-0.1, -0.05) is 55.3 Å². The fourth-order valence-electron chi connectivity index (χ4n) is 2.51. The largest absolute Gasteiger partial charge is 0.355 e. The molecule has 0 spiro atoms. The molecular weight excluding hydrogens is 370 g/mol. The van der Waals surface area contributed by atoms with Gasteiger partial charge in [0.2, 0.25) is 5.91 Å². The lowest BCUT2D eigenvalue weighted by molar-refractivity contribution is -0.120. The van der Waals surface area contributed by atoms with Gasteiger partial charge in [0.25, 0.3) is 0 Å². The molecule has 0 atom stereocenters. The Bertz CT molecular complexity index is 874. The van der Waals surface area contributed by atoms with E-state index < -0.39 is 9.84 Å². The summed E-state index contributed by atoms with van der Waals surface area (Å²) in [5.74, 6) is -0.491. The zero-order chi connectivity index (χ0) is 19.4. The maximum absolute atomic E-state index is 12.3. The van der Waals surface area contributed by atoms with Gasteiger partial charge in [-0.05, 0) is 36.8 Å². The molecule has 0 aliphatic carbocycles.